The summed E-state index contributed by atoms with van der Waals surface area (Å²) in [5.41, 5.74) is 0.930. The molecule has 1 rings (SSSR count). The minimum absolute atomic E-state index is 0.330. The smallest absolute Gasteiger partial charge is 0.0893 e. The van der Waals surface area contributed by atoms with Crippen LogP contribution in [0.3, 0.4) is 0 Å². The Hall–Kier alpha value is -0.760. The fourth-order valence-corrected chi connectivity index (χ4v) is 1.01. The topological polar surface area (TPSA) is 12.5 Å². The molecule has 0 spiro atoms. The molecule has 1 unspecified atom stereocenters. The lowest BCUT2D eigenvalue weighted by molar-refractivity contribution is -0.148. The van der Waals surface area contributed by atoms with Gasteiger partial charge >= 0.3 is 0 Å². The van der Waals surface area contributed by atoms with Crippen LogP contribution in [0.2, 0.25) is 0 Å². The number of nitrogens with zero attached hydrogens (tertiary/aromatic N) is 1. The highest BCUT2D eigenvalue weighted by molar-refractivity contribution is 4.96. The Morgan fingerprint density at radius 1 is 1.82 bits per heavy atom. The molecule has 1 heterocycles. The van der Waals surface area contributed by atoms with E-state index in [2.05, 4.69) is 19.6 Å². The molecule has 0 fully saturated rings. The van der Waals surface area contributed by atoms with Gasteiger partial charge in [-0.3, -0.25) is 4.84 Å². The second kappa shape index (κ2) is 3.58. The lowest BCUT2D eigenvalue weighted by Crippen LogP contribution is -2.26. The first-order chi connectivity index (χ1) is 5.24. The van der Waals surface area contributed by atoms with Gasteiger partial charge in [0.25, 0.3) is 0 Å². The van der Waals surface area contributed by atoms with Crippen molar-refractivity contribution >= 4 is 0 Å². The fraction of sp³-hybridized carbons (Fsp3) is 0.556. The summed E-state index contributed by atoms with van der Waals surface area (Å²) in [5.74, 6) is 0. The monoisotopic (exact) mass is 153 g/mol. The molecule has 0 saturated carbocycles. The third-order valence-corrected chi connectivity index (χ3v) is 1.73. The Morgan fingerprint density at radius 2 is 2.55 bits per heavy atom. The molecular weight excluding hydrogens is 138 g/mol. The first-order valence-corrected chi connectivity index (χ1v) is 4.02. The predicted octanol–water partition coefficient (Wildman–Crippen LogP) is 2.45. The van der Waals surface area contributed by atoms with E-state index in [9.17, 15) is 0 Å². The van der Waals surface area contributed by atoms with Crippen LogP contribution in [0, 0.1) is 0 Å². The highest BCUT2D eigenvalue weighted by atomic mass is 16.7. The van der Waals surface area contributed by atoms with Crippen LogP contribution in [0.15, 0.2) is 24.6 Å². The van der Waals surface area contributed by atoms with Crippen molar-refractivity contribution in [2.45, 2.75) is 32.8 Å². The Balaban J connectivity index is 2.52. The van der Waals surface area contributed by atoms with Crippen molar-refractivity contribution in [3.63, 3.8) is 0 Å². The van der Waals surface area contributed by atoms with E-state index in [-0.39, 0.29) is 0 Å². The maximum atomic E-state index is 5.54. The number of hydroxylamine groups is 2. The van der Waals surface area contributed by atoms with Crippen LogP contribution >= 0.6 is 0 Å². The normalized spacial score (nSPS) is 23.8. The van der Waals surface area contributed by atoms with Crippen LogP contribution in [0.5, 0.6) is 0 Å². The summed E-state index contributed by atoms with van der Waals surface area (Å²) in [6.07, 6.45) is 6.44. The lowest BCUT2D eigenvalue weighted by atomic mass is 10.2. The van der Waals surface area contributed by atoms with Gasteiger partial charge in [-0.25, -0.2) is 5.06 Å². The summed E-state index contributed by atoms with van der Waals surface area (Å²) in [5, 5.41) is 1.73. The van der Waals surface area contributed by atoms with Gasteiger partial charge in [-0.2, -0.15) is 0 Å². The van der Waals surface area contributed by atoms with E-state index in [1.165, 1.54) is 0 Å². The molecule has 62 valence electrons. The number of rotatable bonds is 2. The summed E-state index contributed by atoms with van der Waals surface area (Å²) < 4.78 is 0. The first-order valence-electron chi connectivity index (χ1n) is 4.02. The molecule has 0 bridgehead atoms. The highest BCUT2D eigenvalue weighted by Crippen LogP contribution is 2.16. The maximum Gasteiger partial charge on any atom is 0.0893 e. The van der Waals surface area contributed by atoms with Crippen molar-refractivity contribution in [2.24, 2.45) is 0 Å². The Morgan fingerprint density at radius 3 is 3.09 bits per heavy atom. The minimum atomic E-state index is 0.330. The summed E-state index contributed by atoms with van der Waals surface area (Å²) in [4.78, 5) is 5.54. The van der Waals surface area contributed by atoms with Crippen LogP contribution in [0.4, 0.5) is 0 Å². The molecule has 2 nitrogen and oxygen atoms in total. The standard InChI is InChI=1S/C9H15NO/c1-4-9-6-5-7-10(11-9)8(2)3/h5,7,9H,2,4,6H2,1,3H3. The van der Waals surface area contributed by atoms with Crippen molar-refractivity contribution < 1.29 is 4.84 Å². The van der Waals surface area contributed by atoms with Crippen LogP contribution < -0.4 is 0 Å². The van der Waals surface area contributed by atoms with Crippen molar-refractivity contribution in [1.82, 2.24) is 5.06 Å². The molecule has 0 saturated heterocycles. The molecule has 1 atom stereocenters. The van der Waals surface area contributed by atoms with E-state index in [1.54, 1.807) is 5.06 Å². The van der Waals surface area contributed by atoms with Gasteiger partial charge in [0.1, 0.15) is 0 Å². The number of allylic oxidation sites excluding steroid dienone is 1. The van der Waals surface area contributed by atoms with E-state index in [4.69, 9.17) is 4.84 Å². The second-order valence-electron chi connectivity index (χ2n) is 2.82. The summed E-state index contributed by atoms with van der Waals surface area (Å²) >= 11 is 0. The average molecular weight is 153 g/mol. The van der Waals surface area contributed by atoms with E-state index in [0.29, 0.717) is 6.10 Å². The molecule has 2 heteroatoms. The van der Waals surface area contributed by atoms with Gasteiger partial charge in [0.2, 0.25) is 0 Å². The van der Waals surface area contributed by atoms with Gasteiger partial charge in [-0.1, -0.05) is 19.6 Å². The van der Waals surface area contributed by atoms with Crippen LogP contribution in [0.25, 0.3) is 0 Å². The van der Waals surface area contributed by atoms with Crippen molar-refractivity contribution in [3.8, 4) is 0 Å². The molecule has 0 aromatic rings. The minimum Gasteiger partial charge on any atom is -0.266 e. The molecule has 0 aliphatic carbocycles. The van der Waals surface area contributed by atoms with Crippen molar-refractivity contribution in [2.75, 3.05) is 0 Å². The molecule has 0 aromatic heterocycles. The molecule has 11 heavy (non-hydrogen) atoms. The molecule has 0 radical (unpaired) electrons. The van der Waals surface area contributed by atoms with Crippen molar-refractivity contribution in [1.29, 1.82) is 0 Å². The molecular formula is C9H15NO. The van der Waals surface area contributed by atoms with Crippen molar-refractivity contribution in [3.05, 3.63) is 24.6 Å². The SMILES string of the molecule is C=C(C)N1C=CCC(CC)O1. The summed E-state index contributed by atoms with van der Waals surface area (Å²) in [7, 11) is 0. The quantitative estimate of drug-likeness (QED) is 0.604. The van der Waals surface area contributed by atoms with Gasteiger partial charge in [-0.05, 0) is 19.8 Å². The zero-order valence-corrected chi connectivity index (χ0v) is 7.21. The van der Waals surface area contributed by atoms with E-state index in [0.717, 1.165) is 18.5 Å². The molecule has 0 aromatic carbocycles. The van der Waals surface area contributed by atoms with Gasteiger partial charge in [-0.15, -0.1) is 0 Å². The molecule has 1 aliphatic rings. The zero-order chi connectivity index (χ0) is 8.27. The third-order valence-electron chi connectivity index (χ3n) is 1.73. The average Bonchev–Trinajstić information content (AvgIpc) is 2.05. The molecule has 0 N–H and O–H groups in total. The van der Waals surface area contributed by atoms with E-state index >= 15 is 0 Å². The summed E-state index contributed by atoms with van der Waals surface area (Å²) in [6, 6.07) is 0. The Kier molecular flexibility index (Phi) is 2.71. The Labute approximate surface area is 68.1 Å². The maximum absolute atomic E-state index is 5.54. The van der Waals surface area contributed by atoms with Gasteiger partial charge < -0.3 is 0 Å². The Bertz CT molecular complexity index is 174. The van der Waals surface area contributed by atoms with Crippen LogP contribution in [-0.2, 0) is 4.84 Å². The summed E-state index contributed by atoms with van der Waals surface area (Å²) in [6.45, 7) is 7.86. The van der Waals surface area contributed by atoms with Gasteiger partial charge in [0.05, 0.1) is 6.10 Å². The van der Waals surface area contributed by atoms with Gasteiger partial charge in [0, 0.05) is 11.9 Å². The van der Waals surface area contributed by atoms with E-state index < -0.39 is 0 Å². The largest absolute Gasteiger partial charge is 0.266 e. The van der Waals surface area contributed by atoms with Crippen LogP contribution in [-0.4, -0.2) is 11.2 Å². The highest BCUT2D eigenvalue weighted by Gasteiger charge is 2.13. The molecule has 0 amide bonds. The number of hydrogen-bond donors (Lipinski definition) is 0. The molecule has 1 aliphatic heterocycles. The first kappa shape index (κ1) is 8.34. The second-order valence-corrected chi connectivity index (χ2v) is 2.82. The van der Waals surface area contributed by atoms with Crippen LogP contribution in [0.1, 0.15) is 26.7 Å². The third kappa shape index (κ3) is 2.09. The fourth-order valence-electron chi connectivity index (χ4n) is 1.01. The predicted molar refractivity (Wildman–Crippen MR) is 45.6 cm³/mol. The van der Waals surface area contributed by atoms with Gasteiger partial charge in [0.15, 0.2) is 0 Å². The number of hydrogen-bond acceptors (Lipinski definition) is 2. The zero-order valence-electron chi connectivity index (χ0n) is 7.21. The van der Waals surface area contributed by atoms with E-state index in [1.807, 2.05) is 13.1 Å². The lowest BCUT2D eigenvalue weighted by Gasteiger charge is -2.28.